The minimum absolute atomic E-state index is 0.0831. The molecule has 0 aromatic heterocycles. The van der Waals surface area contributed by atoms with Gasteiger partial charge < -0.3 is 14.4 Å². The Kier molecular flexibility index (Phi) is 6.89. The molecule has 0 radical (unpaired) electrons. The maximum absolute atomic E-state index is 14.9. The van der Waals surface area contributed by atoms with Crippen LogP contribution >= 0.6 is 11.6 Å². The summed E-state index contributed by atoms with van der Waals surface area (Å²) in [4.78, 5) is 30.3. The summed E-state index contributed by atoms with van der Waals surface area (Å²) >= 11 is 6.22. The first-order chi connectivity index (χ1) is 19.5. The number of ether oxygens (including phenoxy) is 2. The van der Waals surface area contributed by atoms with Gasteiger partial charge in [-0.3, -0.25) is 4.79 Å². The molecule has 7 nitrogen and oxygen atoms in total. The number of hydrogen-bond acceptors (Lipinski definition) is 6. The van der Waals surface area contributed by atoms with Crippen molar-refractivity contribution in [2.24, 2.45) is 5.41 Å². The van der Waals surface area contributed by atoms with Crippen LogP contribution in [0, 0.1) is 28.1 Å². The van der Waals surface area contributed by atoms with Crippen molar-refractivity contribution >= 4 is 29.2 Å². The lowest BCUT2D eigenvalue weighted by atomic mass is 9.57. The molecule has 3 aromatic rings. The number of carbonyl (C=O) groups excluding carboxylic acids is 2. The monoisotopic (exact) mass is 565 g/mol. The second-order valence-corrected chi connectivity index (χ2v) is 11.6. The highest BCUT2D eigenvalue weighted by atomic mass is 35.5. The Bertz CT molecular complexity index is 1630. The number of amides is 1. The summed E-state index contributed by atoms with van der Waals surface area (Å²) < 4.78 is 11.0. The molecule has 0 unspecified atom stereocenters. The Morgan fingerprint density at radius 3 is 2.22 bits per heavy atom. The highest BCUT2D eigenvalue weighted by Gasteiger charge is 2.72. The van der Waals surface area contributed by atoms with Gasteiger partial charge in [-0.1, -0.05) is 54.1 Å². The van der Waals surface area contributed by atoms with E-state index in [0.717, 1.165) is 5.56 Å². The lowest BCUT2D eigenvalue weighted by molar-refractivity contribution is -0.150. The highest BCUT2D eigenvalue weighted by molar-refractivity contribution is 6.30. The fraction of sp³-hybridized carbons (Fsp3) is 0.273. The van der Waals surface area contributed by atoms with E-state index < -0.39 is 34.2 Å². The number of rotatable bonds is 5. The molecule has 1 amide bonds. The Morgan fingerprint density at radius 2 is 1.63 bits per heavy atom. The first kappa shape index (κ1) is 28.0. The van der Waals surface area contributed by atoms with Crippen molar-refractivity contribution in [2.45, 2.75) is 44.2 Å². The lowest BCUT2D eigenvalue weighted by Crippen LogP contribution is -2.52. The zero-order valence-corrected chi connectivity index (χ0v) is 23.9. The topological polar surface area (TPSA) is 103 Å². The van der Waals surface area contributed by atoms with Gasteiger partial charge in [0.25, 0.3) is 0 Å². The Labute approximate surface area is 244 Å². The van der Waals surface area contributed by atoms with Crippen molar-refractivity contribution in [3.05, 3.63) is 106 Å². The van der Waals surface area contributed by atoms with Crippen molar-refractivity contribution in [2.75, 3.05) is 12.0 Å². The Morgan fingerprint density at radius 1 is 1.00 bits per heavy atom. The van der Waals surface area contributed by atoms with Crippen LogP contribution in [0.5, 0.6) is 5.75 Å². The van der Waals surface area contributed by atoms with Crippen LogP contribution in [0.15, 0.2) is 84.4 Å². The number of esters is 1. The van der Waals surface area contributed by atoms with E-state index in [9.17, 15) is 20.1 Å². The average Bonchev–Trinajstić information content (AvgIpc) is 3.40. The van der Waals surface area contributed by atoms with E-state index in [1.54, 1.807) is 93.4 Å². The maximum Gasteiger partial charge on any atom is 0.334 e. The molecular formula is C33H28ClN3O4. The number of nitrogens with zero attached hydrogens (tertiary/aromatic N) is 3. The van der Waals surface area contributed by atoms with Crippen molar-refractivity contribution in [1.82, 2.24) is 0 Å². The molecule has 2 atom stereocenters. The average molecular weight is 566 g/mol. The molecule has 0 saturated carbocycles. The third kappa shape index (κ3) is 4.34. The zero-order valence-electron chi connectivity index (χ0n) is 23.1. The number of para-hydroxylation sites is 1. The second-order valence-electron chi connectivity index (χ2n) is 11.2. The third-order valence-electron chi connectivity index (χ3n) is 7.63. The van der Waals surface area contributed by atoms with Crippen LogP contribution in [0.2, 0.25) is 5.02 Å². The normalized spacial score (nSPS) is 20.7. The van der Waals surface area contributed by atoms with Crippen LogP contribution in [0.4, 0.5) is 5.69 Å². The minimum atomic E-state index is -2.01. The number of carbonyl (C=O) groups is 2. The molecule has 1 spiro atoms. The zero-order chi connectivity index (χ0) is 29.6. The fourth-order valence-corrected chi connectivity index (χ4v) is 6.09. The van der Waals surface area contributed by atoms with Gasteiger partial charge in [-0.05, 0) is 73.9 Å². The molecule has 5 rings (SSSR count). The molecule has 0 saturated heterocycles. The summed E-state index contributed by atoms with van der Waals surface area (Å²) in [5, 5.41) is 21.8. The summed E-state index contributed by atoms with van der Waals surface area (Å²) in [6.45, 7) is 5.40. The van der Waals surface area contributed by atoms with Gasteiger partial charge in [0.1, 0.15) is 16.8 Å². The number of fused-ring (bicyclic) bond motifs is 2. The molecule has 0 N–H and O–H groups in total. The van der Waals surface area contributed by atoms with Crippen LogP contribution < -0.4 is 9.64 Å². The molecule has 206 valence electrons. The van der Waals surface area contributed by atoms with E-state index in [-0.39, 0.29) is 12.1 Å². The summed E-state index contributed by atoms with van der Waals surface area (Å²) in [5.41, 5.74) is -2.08. The number of benzene rings is 3. The fourth-order valence-electron chi connectivity index (χ4n) is 5.97. The van der Waals surface area contributed by atoms with E-state index in [1.165, 1.54) is 6.08 Å². The first-order valence-corrected chi connectivity index (χ1v) is 13.5. The Hall–Kier alpha value is -4.59. The molecule has 1 heterocycles. The minimum Gasteiger partial charge on any atom is -0.497 e. The van der Waals surface area contributed by atoms with E-state index in [4.69, 9.17) is 21.1 Å². The van der Waals surface area contributed by atoms with Crippen molar-refractivity contribution in [3.63, 3.8) is 0 Å². The standard InChI is InChI=1S/C33H28ClN3O4/c1-31(2,3)41-29(38)25-17-32(19-35,20-36)33(28(25)22-11-13-23(34)14-12-22)26-7-5-6-8-27(26)37(30(33)39)18-21-9-15-24(40-4)16-10-21/h5-17,28H,18H2,1-4H3/t28-,33+/m1/s1. The summed E-state index contributed by atoms with van der Waals surface area (Å²) in [7, 11) is 1.58. The number of anilines is 1. The molecule has 1 aliphatic heterocycles. The van der Waals surface area contributed by atoms with Gasteiger partial charge in [0, 0.05) is 22.2 Å². The van der Waals surface area contributed by atoms with E-state index in [2.05, 4.69) is 12.1 Å². The van der Waals surface area contributed by atoms with Crippen LogP contribution in [0.25, 0.3) is 0 Å². The van der Waals surface area contributed by atoms with E-state index in [1.807, 2.05) is 12.1 Å². The number of methoxy groups -OCH3 is 1. The molecule has 0 bridgehead atoms. The number of halogens is 1. The second kappa shape index (κ2) is 10.1. The number of nitriles is 2. The molecule has 0 fully saturated rings. The number of hydrogen-bond donors (Lipinski definition) is 0. The van der Waals surface area contributed by atoms with E-state index >= 15 is 0 Å². The van der Waals surface area contributed by atoms with E-state index in [0.29, 0.717) is 27.6 Å². The van der Waals surface area contributed by atoms with Crippen LogP contribution in [0.3, 0.4) is 0 Å². The highest BCUT2D eigenvalue weighted by Crippen LogP contribution is 2.65. The molecule has 2 aliphatic rings. The van der Waals surface area contributed by atoms with Crippen LogP contribution in [-0.4, -0.2) is 24.6 Å². The predicted molar refractivity (Wildman–Crippen MR) is 154 cm³/mol. The molecule has 1 aliphatic carbocycles. The van der Waals surface area contributed by atoms with Gasteiger partial charge in [0.2, 0.25) is 5.91 Å². The smallest absolute Gasteiger partial charge is 0.334 e. The van der Waals surface area contributed by atoms with Gasteiger partial charge in [-0.15, -0.1) is 0 Å². The maximum atomic E-state index is 14.9. The number of allylic oxidation sites excluding steroid dienone is 1. The van der Waals surface area contributed by atoms with Gasteiger partial charge in [0.05, 0.1) is 25.8 Å². The molecule has 41 heavy (non-hydrogen) atoms. The van der Waals surface area contributed by atoms with Gasteiger partial charge >= 0.3 is 5.97 Å². The van der Waals surface area contributed by atoms with Gasteiger partial charge in [-0.25, -0.2) is 4.79 Å². The SMILES string of the molecule is COc1ccc(CN2C(=O)[C@]3(c4ccccc42)[C@H](c2ccc(Cl)cc2)C(C(=O)OC(C)(C)C)=CC3(C#N)C#N)cc1. The Balaban J connectivity index is 1.77. The van der Waals surface area contributed by atoms with Crippen LogP contribution in [-0.2, 0) is 26.3 Å². The first-order valence-electron chi connectivity index (χ1n) is 13.1. The molecule has 3 aromatic carbocycles. The van der Waals surface area contributed by atoms with Crippen molar-refractivity contribution in [3.8, 4) is 17.9 Å². The summed E-state index contributed by atoms with van der Waals surface area (Å²) in [6, 6.07) is 25.6. The quantitative estimate of drug-likeness (QED) is 0.340. The van der Waals surface area contributed by atoms with Crippen molar-refractivity contribution < 1.29 is 19.1 Å². The summed E-state index contributed by atoms with van der Waals surface area (Å²) in [5.74, 6) is -1.46. The summed E-state index contributed by atoms with van der Waals surface area (Å²) in [6.07, 6.45) is 1.34. The lowest BCUT2D eigenvalue weighted by Gasteiger charge is -2.38. The van der Waals surface area contributed by atoms with Gasteiger partial charge in [-0.2, -0.15) is 10.5 Å². The molecular weight excluding hydrogens is 538 g/mol. The van der Waals surface area contributed by atoms with Gasteiger partial charge in [0.15, 0.2) is 5.41 Å². The largest absolute Gasteiger partial charge is 0.497 e. The van der Waals surface area contributed by atoms with Crippen molar-refractivity contribution in [1.29, 1.82) is 10.5 Å². The predicted octanol–water partition coefficient (Wildman–Crippen LogP) is 6.23. The third-order valence-corrected chi connectivity index (χ3v) is 7.88. The van der Waals surface area contributed by atoms with Crippen LogP contribution in [0.1, 0.15) is 43.4 Å². The molecule has 8 heteroatoms.